The first-order valence-electron chi connectivity index (χ1n) is 5.63. The van der Waals surface area contributed by atoms with Crippen LogP contribution >= 0.6 is 27.5 Å². The van der Waals surface area contributed by atoms with Gasteiger partial charge in [-0.15, -0.1) is 0 Å². The molecule has 0 aromatic heterocycles. The molecule has 0 heterocycles. The Balaban J connectivity index is 2.73. The fraction of sp³-hybridized carbons (Fsp3) is 0.462. The summed E-state index contributed by atoms with van der Waals surface area (Å²) in [6, 6.07) is 5.27. The quantitative estimate of drug-likeness (QED) is 0.852. The minimum atomic E-state index is -0.505. The molecule has 0 spiro atoms. The van der Waals surface area contributed by atoms with Crippen LogP contribution in [0.3, 0.4) is 0 Å². The molecule has 0 bridgehead atoms. The molecule has 3 nitrogen and oxygen atoms in total. The molecule has 1 aromatic rings. The van der Waals surface area contributed by atoms with Crippen LogP contribution in [-0.4, -0.2) is 11.7 Å². The van der Waals surface area contributed by atoms with Crippen molar-refractivity contribution in [1.82, 2.24) is 5.32 Å². The summed E-state index contributed by atoms with van der Waals surface area (Å²) in [5.41, 5.74) is 0.406. The molecule has 0 fully saturated rings. The van der Waals surface area contributed by atoms with Crippen LogP contribution in [0.5, 0.6) is 0 Å². The van der Waals surface area contributed by atoms with Gasteiger partial charge in [-0.25, -0.2) is 4.79 Å². The molecule has 1 aromatic carbocycles. The van der Waals surface area contributed by atoms with Crippen molar-refractivity contribution in [3.63, 3.8) is 0 Å². The molecule has 1 amide bonds. The molecule has 18 heavy (non-hydrogen) atoms. The molecule has 1 rings (SSSR count). The number of carbonyl (C=O) groups is 1. The Morgan fingerprint density at radius 1 is 1.44 bits per heavy atom. The number of rotatable bonds is 2. The van der Waals surface area contributed by atoms with E-state index < -0.39 is 11.7 Å². The Hall–Kier alpha value is -0.740. The Bertz CT molecular complexity index is 443. The van der Waals surface area contributed by atoms with Crippen molar-refractivity contribution in [2.45, 2.75) is 39.3 Å². The van der Waals surface area contributed by atoms with Gasteiger partial charge in [0.15, 0.2) is 0 Å². The average molecular weight is 335 g/mol. The summed E-state index contributed by atoms with van der Waals surface area (Å²) in [5.74, 6) is 0. The zero-order valence-electron chi connectivity index (χ0n) is 10.9. The monoisotopic (exact) mass is 333 g/mol. The van der Waals surface area contributed by atoms with Crippen molar-refractivity contribution in [3.8, 4) is 0 Å². The molecule has 0 saturated heterocycles. The molecule has 0 radical (unpaired) electrons. The zero-order chi connectivity index (χ0) is 13.9. The van der Waals surface area contributed by atoms with Crippen molar-refractivity contribution in [2.75, 3.05) is 0 Å². The number of amides is 1. The molecule has 0 aliphatic rings. The van der Waals surface area contributed by atoms with Gasteiger partial charge in [0.1, 0.15) is 5.60 Å². The Morgan fingerprint density at radius 3 is 2.61 bits per heavy atom. The first kappa shape index (κ1) is 15.3. The third-order valence-electron chi connectivity index (χ3n) is 2.16. The highest BCUT2D eigenvalue weighted by molar-refractivity contribution is 9.10. The summed E-state index contributed by atoms with van der Waals surface area (Å²) >= 11 is 9.37. The van der Waals surface area contributed by atoms with Crippen LogP contribution in [0.2, 0.25) is 5.02 Å². The molecule has 0 unspecified atom stereocenters. The molecular formula is C13H17BrClNO2. The highest BCUT2D eigenvalue weighted by Gasteiger charge is 2.19. The number of hydrogen-bond acceptors (Lipinski definition) is 2. The van der Waals surface area contributed by atoms with Crippen molar-refractivity contribution in [2.24, 2.45) is 0 Å². The number of halogens is 2. The summed E-state index contributed by atoms with van der Waals surface area (Å²) in [7, 11) is 0. The maximum Gasteiger partial charge on any atom is 0.408 e. The minimum absolute atomic E-state index is 0.187. The molecule has 100 valence electrons. The molecular weight excluding hydrogens is 318 g/mol. The fourth-order valence-corrected chi connectivity index (χ4v) is 2.18. The van der Waals surface area contributed by atoms with E-state index in [2.05, 4.69) is 21.2 Å². The van der Waals surface area contributed by atoms with Gasteiger partial charge in [0.2, 0.25) is 0 Å². The smallest absolute Gasteiger partial charge is 0.408 e. The molecule has 1 atom stereocenters. The van der Waals surface area contributed by atoms with Crippen molar-refractivity contribution in [1.29, 1.82) is 0 Å². The van der Waals surface area contributed by atoms with Gasteiger partial charge in [-0.2, -0.15) is 0 Å². The maximum absolute atomic E-state index is 11.7. The van der Waals surface area contributed by atoms with E-state index in [9.17, 15) is 4.79 Å². The Labute approximate surface area is 121 Å². The van der Waals surface area contributed by atoms with Gasteiger partial charge in [0.05, 0.1) is 6.04 Å². The molecule has 0 saturated carbocycles. The standard InChI is InChI=1S/C13H17BrClNO2/c1-8(16-12(17)18-13(2,3)4)10-7-9(15)5-6-11(10)14/h5-8H,1-4H3,(H,16,17)/t8-/m1/s1. The van der Waals surface area contributed by atoms with Gasteiger partial charge in [0.25, 0.3) is 0 Å². The van der Waals surface area contributed by atoms with Crippen LogP contribution in [0.1, 0.15) is 39.3 Å². The fourth-order valence-electron chi connectivity index (χ4n) is 1.41. The number of alkyl carbamates (subject to hydrolysis) is 1. The number of nitrogens with one attached hydrogen (secondary N) is 1. The summed E-state index contributed by atoms with van der Waals surface area (Å²) < 4.78 is 6.10. The van der Waals surface area contributed by atoms with Crippen molar-refractivity contribution >= 4 is 33.6 Å². The van der Waals surface area contributed by atoms with E-state index in [1.165, 1.54) is 0 Å². The lowest BCUT2D eigenvalue weighted by atomic mass is 10.1. The summed E-state index contributed by atoms with van der Waals surface area (Å²) in [4.78, 5) is 11.7. The van der Waals surface area contributed by atoms with Crippen LogP contribution in [0.25, 0.3) is 0 Å². The first-order chi connectivity index (χ1) is 8.19. The number of benzene rings is 1. The largest absolute Gasteiger partial charge is 0.444 e. The number of carbonyl (C=O) groups excluding carboxylic acids is 1. The third-order valence-corrected chi connectivity index (χ3v) is 3.12. The normalized spacial score (nSPS) is 13.0. The Kier molecular flexibility index (Phi) is 5.05. The van der Waals surface area contributed by atoms with Crippen LogP contribution in [0, 0.1) is 0 Å². The SMILES string of the molecule is C[C@@H](NC(=O)OC(C)(C)C)c1cc(Cl)ccc1Br. The first-order valence-corrected chi connectivity index (χ1v) is 6.80. The average Bonchev–Trinajstić information content (AvgIpc) is 2.18. The molecule has 0 aliphatic carbocycles. The lowest BCUT2D eigenvalue weighted by Crippen LogP contribution is -2.34. The van der Waals surface area contributed by atoms with Crippen LogP contribution < -0.4 is 5.32 Å². The molecule has 1 N–H and O–H groups in total. The van der Waals surface area contributed by atoms with Crippen molar-refractivity contribution in [3.05, 3.63) is 33.3 Å². The van der Waals surface area contributed by atoms with E-state index in [1.807, 2.05) is 39.8 Å². The van der Waals surface area contributed by atoms with Crippen molar-refractivity contribution < 1.29 is 9.53 Å². The van der Waals surface area contributed by atoms with E-state index in [-0.39, 0.29) is 6.04 Å². The van der Waals surface area contributed by atoms with Gasteiger partial charge in [0, 0.05) is 9.50 Å². The van der Waals surface area contributed by atoms with Crippen LogP contribution in [0.15, 0.2) is 22.7 Å². The van der Waals surface area contributed by atoms with E-state index in [0.29, 0.717) is 5.02 Å². The summed E-state index contributed by atoms with van der Waals surface area (Å²) in [6.45, 7) is 7.35. The topological polar surface area (TPSA) is 38.3 Å². The third kappa shape index (κ3) is 4.86. The lowest BCUT2D eigenvalue weighted by Gasteiger charge is -2.22. The van der Waals surface area contributed by atoms with Gasteiger partial charge in [-0.3, -0.25) is 0 Å². The highest BCUT2D eigenvalue weighted by atomic mass is 79.9. The second-order valence-corrected chi connectivity index (χ2v) is 6.32. The number of ether oxygens (including phenoxy) is 1. The summed E-state index contributed by atoms with van der Waals surface area (Å²) in [6.07, 6.45) is -0.443. The maximum atomic E-state index is 11.7. The van der Waals surface area contributed by atoms with E-state index >= 15 is 0 Å². The summed E-state index contributed by atoms with van der Waals surface area (Å²) in [5, 5.41) is 3.40. The second kappa shape index (κ2) is 5.93. The predicted octanol–water partition coefficient (Wildman–Crippen LogP) is 4.69. The highest BCUT2D eigenvalue weighted by Crippen LogP contribution is 2.26. The lowest BCUT2D eigenvalue weighted by molar-refractivity contribution is 0.0508. The van der Waals surface area contributed by atoms with Gasteiger partial charge >= 0.3 is 6.09 Å². The van der Waals surface area contributed by atoms with E-state index in [0.717, 1.165) is 10.0 Å². The van der Waals surface area contributed by atoms with E-state index in [4.69, 9.17) is 16.3 Å². The van der Waals surface area contributed by atoms with E-state index in [1.54, 1.807) is 6.07 Å². The van der Waals surface area contributed by atoms with Crippen LogP contribution in [-0.2, 0) is 4.74 Å². The molecule has 5 heteroatoms. The molecule has 0 aliphatic heterocycles. The predicted molar refractivity (Wildman–Crippen MR) is 76.9 cm³/mol. The zero-order valence-corrected chi connectivity index (χ0v) is 13.2. The number of hydrogen-bond donors (Lipinski definition) is 1. The minimum Gasteiger partial charge on any atom is -0.444 e. The Morgan fingerprint density at radius 2 is 2.06 bits per heavy atom. The van der Waals surface area contributed by atoms with Gasteiger partial charge in [-0.1, -0.05) is 27.5 Å². The second-order valence-electron chi connectivity index (χ2n) is 5.03. The van der Waals surface area contributed by atoms with Gasteiger partial charge in [-0.05, 0) is 51.5 Å². The van der Waals surface area contributed by atoms with Gasteiger partial charge < -0.3 is 10.1 Å². The van der Waals surface area contributed by atoms with Crippen LogP contribution in [0.4, 0.5) is 4.79 Å².